The van der Waals surface area contributed by atoms with Crippen LogP contribution in [0.15, 0.2) is 120 Å². The van der Waals surface area contributed by atoms with Crippen LogP contribution in [0.3, 0.4) is 0 Å². The van der Waals surface area contributed by atoms with E-state index >= 15 is 0 Å². The Labute approximate surface area is 199 Å². The molecule has 0 spiro atoms. The maximum absolute atomic E-state index is 5.16. The van der Waals surface area contributed by atoms with E-state index in [1.165, 1.54) is 44.7 Å². The van der Waals surface area contributed by atoms with E-state index < -0.39 is 0 Å². The molecule has 1 aliphatic heterocycles. The number of aromatic nitrogens is 1. The summed E-state index contributed by atoms with van der Waals surface area (Å²) in [4.78, 5) is 9.64. The minimum atomic E-state index is 0.308. The molecule has 1 atom stereocenters. The van der Waals surface area contributed by atoms with E-state index in [2.05, 4.69) is 96.0 Å². The molecule has 0 radical (unpaired) electrons. The summed E-state index contributed by atoms with van der Waals surface area (Å²) in [5.41, 5.74) is 13.4. The summed E-state index contributed by atoms with van der Waals surface area (Å²) in [6.07, 6.45) is 2.84. The number of aliphatic imine (C=N–C) groups is 1. The normalized spacial score (nSPS) is 15.4. The van der Waals surface area contributed by atoms with Gasteiger partial charge in [-0.3, -0.25) is 9.98 Å². The van der Waals surface area contributed by atoms with Crippen LogP contribution in [0.5, 0.6) is 0 Å². The third-order valence-corrected chi connectivity index (χ3v) is 7.09. The first-order valence-corrected chi connectivity index (χ1v) is 11.8. The van der Waals surface area contributed by atoms with Crippen LogP contribution in [0.1, 0.15) is 22.6 Å². The van der Waals surface area contributed by atoms with E-state index in [0.29, 0.717) is 5.92 Å². The summed E-state index contributed by atoms with van der Waals surface area (Å²) in [5, 5.41) is 0. The topological polar surface area (TPSA) is 25.2 Å². The van der Waals surface area contributed by atoms with Gasteiger partial charge in [0.2, 0.25) is 0 Å². The van der Waals surface area contributed by atoms with Gasteiger partial charge in [-0.15, -0.1) is 0 Å². The third-order valence-electron chi connectivity index (χ3n) is 7.09. The van der Waals surface area contributed by atoms with Gasteiger partial charge in [-0.05, 0) is 64.1 Å². The van der Waals surface area contributed by atoms with Gasteiger partial charge in [0.15, 0.2) is 0 Å². The lowest BCUT2D eigenvalue weighted by Gasteiger charge is -2.33. The Morgan fingerprint density at radius 1 is 0.588 bits per heavy atom. The predicted molar refractivity (Wildman–Crippen MR) is 140 cm³/mol. The molecule has 2 heteroatoms. The minimum absolute atomic E-state index is 0.308. The van der Waals surface area contributed by atoms with Crippen molar-refractivity contribution in [3.8, 4) is 33.5 Å². The predicted octanol–water partition coefficient (Wildman–Crippen LogP) is 7.86. The number of fused-ring (bicyclic) bond motifs is 7. The third kappa shape index (κ3) is 3.03. The zero-order valence-electron chi connectivity index (χ0n) is 18.6. The lowest BCUT2D eigenvalue weighted by atomic mass is 9.73. The molecule has 34 heavy (non-hydrogen) atoms. The van der Waals surface area contributed by atoms with Gasteiger partial charge < -0.3 is 0 Å². The lowest BCUT2D eigenvalue weighted by Crippen LogP contribution is -2.24. The fraction of sp³-hybridized carbons (Fsp3) is 0.0625. The molecular weight excluding hydrogens is 412 g/mol. The van der Waals surface area contributed by atoms with E-state index in [0.717, 1.165) is 23.4 Å². The van der Waals surface area contributed by atoms with Gasteiger partial charge >= 0.3 is 0 Å². The van der Waals surface area contributed by atoms with Gasteiger partial charge in [0.25, 0.3) is 0 Å². The lowest BCUT2D eigenvalue weighted by molar-refractivity contribution is 0.855. The van der Waals surface area contributed by atoms with Crippen molar-refractivity contribution in [2.45, 2.75) is 12.3 Å². The highest BCUT2D eigenvalue weighted by molar-refractivity contribution is 6.15. The molecule has 0 N–H and O–H groups in total. The maximum atomic E-state index is 5.16. The molecule has 1 unspecified atom stereocenters. The summed E-state index contributed by atoms with van der Waals surface area (Å²) >= 11 is 0. The van der Waals surface area contributed by atoms with E-state index in [9.17, 15) is 0 Å². The molecule has 1 aliphatic carbocycles. The molecule has 160 valence electrons. The van der Waals surface area contributed by atoms with Crippen LogP contribution in [-0.2, 0) is 6.42 Å². The van der Waals surface area contributed by atoms with Gasteiger partial charge in [-0.25, -0.2) is 0 Å². The summed E-state index contributed by atoms with van der Waals surface area (Å²) in [6, 6.07) is 39.0. The van der Waals surface area contributed by atoms with Gasteiger partial charge in [-0.2, -0.15) is 0 Å². The monoisotopic (exact) mass is 434 g/mol. The molecule has 0 fully saturated rings. The molecule has 4 aromatic carbocycles. The molecule has 0 amide bonds. The number of pyridine rings is 1. The van der Waals surface area contributed by atoms with Gasteiger partial charge in [0.05, 0.1) is 17.1 Å². The molecule has 0 bridgehead atoms. The fourth-order valence-electron chi connectivity index (χ4n) is 5.41. The van der Waals surface area contributed by atoms with Crippen LogP contribution in [0.2, 0.25) is 0 Å². The van der Waals surface area contributed by atoms with Crippen molar-refractivity contribution in [3.63, 3.8) is 0 Å². The van der Waals surface area contributed by atoms with E-state index in [4.69, 9.17) is 4.99 Å². The second-order valence-electron chi connectivity index (χ2n) is 9.02. The average molecular weight is 435 g/mol. The van der Waals surface area contributed by atoms with Crippen LogP contribution in [0.4, 0.5) is 5.69 Å². The zero-order valence-corrected chi connectivity index (χ0v) is 18.6. The smallest absolute Gasteiger partial charge is 0.0701 e. The SMILES string of the molecule is c1ccc(-c2ccc(-c3ccc4c(c3)-c3ccccc3C3Cc5ccccc5N=C43)cc2)nc1. The first-order valence-electron chi connectivity index (χ1n) is 11.8. The van der Waals surface area contributed by atoms with E-state index in [1.54, 1.807) is 0 Å². The zero-order chi connectivity index (χ0) is 22.5. The highest BCUT2D eigenvalue weighted by Gasteiger charge is 2.33. The summed E-state index contributed by atoms with van der Waals surface area (Å²) in [5.74, 6) is 0.308. The number of nitrogens with zero attached hydrogens (tertiary/aromatic N) is 2. The van der Waals surface area contributed by atoms with Crippen molar-refractivity contribution in [1.82, 2.24) is 4.98 Å². The van der Waals surface area contributed by atoms with Crippen LogP contribution in [-0.4, -0.2) is 10.7 Å². The fourth-order valence-corrected chi connectivity index (χ4v) is 5.41. The Hall–Kier alpha value is -4.30. The Balaban J connectivity index is 1.35. The van der Waals surface area contributed by atoms with Crippen molar-refractivity contribution in [2.75, 3.05) is 0 Å². The van der Waals surface area contributed by atoms with Gasteiger partial charge in [0, 0.05) is 23.2 Å². The van der Waals surface area contributed by atoms with Crippen LogP contribution in [0.25, 0.3) is 33.5 Å². The second kappa shape index (κ2) is 7.64. The number of hydrogen-bond donors (Lipinski definition) is 0. The van der Waals surface area contributed by atoms with Crippen LogP contribution >= 0.6 is 0 Å². The molecule has 1 aromatic heterocycles. The summed E-state index contributed by atoms with van der Waals surface area (Å²) < 4.78 is 0. The molecule has 0 saturated heterocycles. The minimum Gasteiger partial charge on any atom is -0.256 e. The molecule has 5 aromatic rings. The summed E-state index contributed by atoms with van der Waals surface area (Å²) in [6.45, 7) is 0. The Morgan fingerprint density at radius 3 is 2.24 bits per heavy atom. The summed E-state index contributed by atoms with van der Waals surface area (Å²) in [7, 11) is 0. The van der Waals surface area contributed by atoms with Crippen molar-refractivity contribution < 1.29 is 0 Å². The maximum Gasteiger partial charge on any atom is 0.0701 e. The standard InChI is InChI=1S/C32H22N2/c1-4-11-31-24(7-1)20-29-26-9-3-2-8-25(26)28-19-23(16-17-27(28)32(29)34-31)21-12-14-22(15-13-21)30-10-5-6-18-33-30/h1-19,29H,20H2. The van der Waals surface area contributed by atoms with Crippen molar-refractivity contribution in [1.29, 1.82) is 0 Å². The quantitative estimate of drug-likeness (QED) is 0.278. The molecule has 0 saturated carbocycles. The van der Waals surface area contributed by atoms with Gasteiger partial charge in [-0.1, -0.05) is 84.9 Å². The van der Waals surface area contributed by atoms with E-state index in [1.807, 2.05) is 24.4 Å². The first kappa shape index (κ1) is 19.2. The number of rotatable bonds is 2. The molecule has 2 heterocycles. The number of hydrogen-bond acceptors (Lipinski definition) is 2. The van der Waals surface area contributed by atoms with Crippen LogP contribution < -0.4 is 0 Å². The second-order valence-corrected chi connectivity index (χ2v) is 9.02. The first-order chi connectivity index (χ1) is 16.8. The van der Waals surface area contributed by atoms with Crippen molar-refractivity contribution in [3.05, 3.63) is 132 Å². The Bertz CT molecular complexity index is 1560. The molecular formula is C32H22N2. The molecule has 2 aliphatic rings. The largest absolute Gasteiger partial charge is 0.256 e. The number of para-hydroxylation sites is 1. The van der Waals surface area contributed by atoms with Crippen molar-refractivity contribution >= 4 is 11.4 Å². The highest BCUT2D eigenvalue weighted by Crippen LogP contribution is 2.46. The average Bonchev–Trinajstić information content (AvgIpc) is 2.92. The van der Waals surface area contributed by atoms with Crippen molar-refractivity contribution in [2.24, 2.45) is 4.99 Å². The molecule has 7 rings (SSSR count). The number of benzene rings is 4. The Morgan fingerprint density at radius 2 is 1.35 bits per heavy atom. The van der Waals surface area contributed by atoms with Crippen LogP contribution in [0, 0.1) is 0 Å². The molecule has 2 nitrogen and oxygen atoms in total. The highest BCUT2D eigenvalue weighted by atomic mass is 14.8. The van der Waals surface area contributed by atoms with Gasteiger partial charge in [0.1, 0.15) is 0 Å². The van der Waals surface area contributed by atoms with E-state index in [-0.39, 0.29) is 0 Å². The Kier molecular flexibility index (Phi) is 4.31.